The Morgan fingerprint density at radius 3 is 2.90 bits per heavy atom. The number of thiophene rings is 1. The smallest absolute Gasteiger partial charge is 0.266 e. The summed E-state index contributed by atoms with van der Waals surface area (Å²) in [6.45, 7) is 3.64. The monoisotopic (exact) mass is 352 g/mol. The van der Waals surface area contributed by atoms with Gasteiger partial charge < -0.3 is 10.6 Å². The van der Waals surface area contributed by atoms with Gasteiger partial charge >= 0.3 is 0 Å². The van der Waals surface area contributed by atoms with Crippen molar-refractivity contribution in [3.63, 3.8) is 0 Å². The largest absolute Gasteiger partial charge is 0.397 e. The lowest BCUT2D eigenvalue weighted by Crippen LogP contribution is -2.32. The van der Waals surface area contributed by atoms with Crippen molar-refractivity contribution < 1.29 is 4.79 Å². The van der Waals surface area contributed by atoms with Crippen LogP contribution in [0, 0.1) is 5.92 Å². The molecule has 1 amide bonds. The van der Waals surface area contributed by atoms with Crippen LogP contribution in [0.25, 0.3) is 10.1 Å². The van der Waals surface area contributed by atoms with Crippen molar-refractivity contribution in [2.24, 2.45) is 5.92 Å². The van der Waals surface area contributed by atoms with E-state index in [0.29, 0.717) is 16.5 Å². The molecule has 1 aromatic heterocycles. The van der Waals surface area contributed by atoms with E-state index < -0.39 is 0 Å². The zero-order valence-corrected chi connectivity index (χ0v) is 13.8. The molecule has 0 saturated heterocycles. The molecule has 3 rings (SSSR count). The Hall–Kier alpha value is -1.07. The van der Waals surface area contributed by atoms with E-state index in [4.69, 9.17) is 5.73 Å². The Balaban J connectivity index is 1.95. The zero-order valence-electron chi connectivity index (χ0n) is 11.4. The number of carbonyl (C=O) groups excluding carboxylic acids is 1. The van der Waals surface area contributed by atoms with Crippen LogP contribution in [0.5, 0.6) is 0 Å². The molecule has 2 N–H and O–H groups in total. The van der Waals surface area contributed by atoms with Gasteiger partial charge in [-0.2, -0.15) is 0 Å². The summed E-state index contributed by atoms with van der Waals surface area (Å²) in [7, 11) is 0. The number of rotatable bonds is 4. The van der Waals surface area contributed by atoms with E-state index in [2.05, 4.69) is 15.9 Å². The molecule has 0 atom stereocenters. The first-order valence-corrected chi connectivity index (χ1v) is 8.48. The maximum absolute atomic E-state index is 12.7. The molecule has 1 saturated carbocycles. The van der Waals surface area contributed by atoms with Gasteiger partial charge in [0, 0.05) is 27.6 Å². The van der Waals surface area contributed by atoms with E-state index in [-0.39, 0.29) is 5.91 Å². The molecule has 1 aliphatic rings. The van der Waals surface area contributed by atoms with Crippen LogP contribution in [0.2, 0.25) is 0 Å². The molecule has 1 aliphatic carbocycles. The minimum absolute atomic E-state index is 0.0780. The molecular formula is C15H17BrN2OS. The molecule has 0 radical (unpaired) electrons. The van der Waals surface area contributed by atoms with E-state index in [1.54, 1.807) is 0 Å². The highest BCUT2D eigenvalue weighted by molar-refractivity contribution is 9.10. The van der Waals surface area contributed by atoms with Gasteiger partial charge in [-0.15, -0.1) is 11.3 Å². The van der Waals surface area contributed by atoms with Crippen LogP contribution in [-0.2, 0) is 0 Å². The van der Waals surface area contributed by atoms with E-state index in [1.807, 2.05) is 30.0 Å². The number of nitrogens with zero attached hydrogens (tertiary/aromatic N) is 1. The number of benzene rings is 1. The number of anilines is 1. The maximum Gasteiger partial charge on any atom is 0.266 e. The Bertz CT molecular complexity index is 663. The summed E-state index contributed by atoms with van der Waals surface area (Å²) in [5.74, 6) is 0.776. The van der Waals surface area contributed by atoms with Crippen molar-refractivity contribution in [3.05, 3.63) is 27.5 Å². The Morgan fingerprint density at radius 2 is 2.25 bits per heavy atom. The second kappa shape index (κ2) is 5.37. The fourth-order valence-electron chi connectivity index (χ4n) is 2.36. The topological polar surface area (TPSA) is 46.3 Å². The van der Waals surface area contributed by atoms with E-state index in [0.717, 1.165) is 27.6 Å². The highest BCUT2D eigenvalue weighted by Gasteiger charge is 2.28. The second-order valence-corrected chi connectivity index (χ2v) is 7.24. The number of fused-ring (bicyclic) bond motifs is 1. The molecule has 1 heterocycles. The molecule has 0 unspecified atom stereocenters. The minimum Gasteiger partial charge on any atom is -0.397 e. The molecule has 5 heteroatoms. The van der Waals surface area contributed by atoms with Gasteiger partial charge in [0.05, 0.1) is 5.69 Å². The highest BCUT2D eigenvalue weighted by atomic mass is 79.9. The van der Waals surface area contributed by atoms with Crippen LogP contribution in [0.15, 0.2) is 22.7 Å². The molecule has 0 spiro atoms. The lowest BCUT2D eigenvalue weighted by atomic mass is 10.2. The quantitative estimate of drug-likeness (QED) is 0.899. The number of nitrogens with two attached hydrogens (primary N) is 1. The summed E-state index contributed by atoms with van der Waals surface area (Å²) < 4.78 is 2.07. The molecule has 1 aromatic carbocycles. The van der Waals surface area contributed by atoms with Crippen LogP contribution >= 0.6 is 27.3 Å². The number of carbonyl (C=O) groups is 1. The van der Waals surface area contributed by atoms with Gasteiger partial charge in [0.2, 0.25) is 0 Å². The first-order valence-electron chi connectivity index (χ1n) is 6.87. The van der Waals surface area contributed by atoms with Crippen molar-refractivity contribution in [2.45, 2.75) is 19.8 Å². The Labute approximate surface area is 130 Å². The molecule has 2 aromatic rings. The number of amides is 1. The summed E-state index contributed by atoms with van der Waals surface area (Å²) in [6.07, 6.45) is 2.50. The highest BCUT2D eigenvalue weighted by Crippen LogP contribution is 2.37. The van der Waals surface area contributed by atoms with E-state index in [1.165, 1.54) is 24.2 Å². The SMILES string of the molecule is CCN(CC1CC1)C(=O)c1sc2cc(Br)ccc2c1N. The average Bonchev–Trinajstić information content (AvgIpc) is 3.19. The Morgan fingerprint density at radius 1 is 1.50 bits per heavy atom. The zero-order chi connectivity index (χ0) is 14.3. The van der Waals surface area contributed by atoms with Crippen LogP contribution in [0.1, 0.15) is 29.4 Å². The fraction of sp³-hybridized carbons (Fsp3) is 0.400. The molecule has 0 aliphatic heterocycles. The van der Waals surface area contributed by atoms with Crippen LogP contribution in [0.4, 0.5) is 5.69 Å². The van der Waals surface area contributed by atoms with Gasteiger partial charge in [0.1, 0.15) is 4.88 Å². The standard InChI is InChI=1S/C15H17BrN2OS/c1-2-18(8-9-3-4-9)15(19)14-13(17)11-6-5-10(16)7-12(11)20-14/h5-7,9H,2-4,8,17H2,1H3. The van der Waals surface area contributed by atoms with E-state index in [9.17, 15) is 4.79 Å². The third-order valence-corrected chi connectivity index (χ3v) is 5.38. The van der Waals surface area contributed by atoms with Crippen LogP contribution < -0.4 is 5.73 Å². The van der Waals surface area contributed by atoms with Crippen molar-refractivity contribution in [1.82, 2.24) is 4.90 Å². The summed E-state index contributed by atoms with van der Waals surface area (Å²) in [5.41, 5.74) is 6.80. The molecule has 0 bridgehead atoms. The van der Waals surface area contributed by atoms with Gasteiger partial charge in [0.25, 0.3) is 5.91 Å². The molecule has 106 valence electrons. The molecule has 3 nitrogen and oxygen atoms in total. The van der Waals surface area contributed by atoms with Crippen molar-refractivity contribution in [2.75, 3.05) is 18.8 Å². The first kappa shape index (κ1) is 13.9. The normalized spacial score (nSPS) is 14.7. The Kier molecular flexibility index (Phi) is 3.73. The predicted octanol–water partition coefficient (Wildman–Crippen LogP) is 4.12. The van der Waals surface area contributed by atoms with Gasteiger partial charge in [-0.25, -0.2) is 0 Å². The summed E-state index contributed by atoms with van der Waals surface area (Å²) in [5, 5.41) is 0.976. The fourth-order valence-corrected chi connectivity index (χ4v) is 4.00. The lowest BCUT2D eigenvalue weighted by molar-refractivity contribution is 0.0763. The third kappa shape index (κ3) is 2.56. The van der Waals surface area contributed by atoms with Gasteiger partial charge in [-0.05, 0) is 37.8 Å². The van der Waals surface area contributed by atoms with E-state index >= 15 is 0 Å². The number of nitrogen functional groups attached to an aromatic ring is 1. The van der Waals surface area contributed by atoms with Gasteiger partial charge in [-0.1, -0.05) is 22.0 Å². The lowest BCUT2D eigenvalue weighted by Gasteiger charge is -2.20. The summed E-state index contributed by atoms with van der Waals surface area (Å²) >= 11 is 4.95. The maximum atomic E-state index is 12.7. The summed E-state index contributed by atoms with van der Waals surface area (Å²) in [4.78, 5) is 15.3. The van der Waals surface area contributed by atoms with Gasteiger partial charge in [0.15, 0.2) is 0 Å². The number of hydrogen-bond donors (Lipinski definition) is 1. The van der Waals surface area contributed by atoms with Gasteiger partial charge in [-0.3, -0.25) is 4.79 Å². The van der Waals surface area contributed by atoms with Crippen molar-refractivity contribution >= 4 is 48.9 Å². The second-order valence-electron chi connectivity index (χ2n) is 5.27. The van der Waals surface area contributed by atoms with Crippen LogP contribution in [0.3, 0.4) is 0 Å². The van der Waals surface area contributed by atoms with Crippen LogP contribution in [-0.4, -0.2) is 23.9 Å². The molecule has 20 heavy (non-hydrogen) atoms. The predicted molar refractivity (Wildman–Crippen MR) is 88.2 cm³/mol. The first-order chi connectivity index (χ1) is 9.60. The third-order valence-electron chi connectivity index (χ3n) is 3.73. The number of hydrogen-bond acceptors (Lipinski definition) is 3. The molecular weight excluding hydrogens is 336 g/mol. The summed E-state index contributed by atoms with van der Waals surface area (Å²) in [6, 6.07) is 5.95. The molecule has 1 fully saturated rings. The van der Waals surface area contributed by atoms with Crippen molar-refractivity contribution in [3.8, 4) is 0 Å². The number of halogens is 1. The minimum atomic E-state index is 0.0780. The van der Waals surface area contributed by atoms with Crippen molar-refractivity contribution in [1.29, 1.82) is 0 Å². The average molecular weight is 353 g/mol.